The van der Waals surface area contributed by atoms with Crippen molar-refractivity contribution in [1.82, 2.24) is 5.32 Å². The van der Waals surface area contributed by atoms with Crippen molar-refractivity contribution >= 4 is 5.91 Å². The smallest absolute Gasteiger partial charge is 0.258 e. The average molecular weight is 239 g/mol. The molecule has 0 spiro atoms. The van der Waals surface area contributed by atoms with E-state index in [0.717, 1.165) is 6.07 Å². The normalized spacial score (nSPS) is 17.3. The summed E-state index contributed by atoms with van der Waals surface area (Å²) < 4.78 is 18.4. The van der Waals surface area contributed by atoms with Gasteiger partial charge in [0.2, 0.25) is 0 Å². The van der Waals surface area contributed by atoms with Gasteiger partial charge >= 0.3 is 0 Å². The molecule has 1 aromatic carbocycles. The van der Waals surface area contributed by atoms with Gasteiger partial charge in [0.05, 0.1) is 13.2 Å². The zero-order chi connectivity index (χ0) is 12.5. The lowest BCUT2D eigenvalue weighted by atomic mass is 9.88. The van der Waals surface area contributed by atoms with Crippen molar-refractivity contribution in [2.24, 2.45) is 5.41 Å². The molecule has 0 aliphatic carbocycles. The molecule has 0 atom stereocenters. The molecule has 1 aliphatic heterocycles. The largest absolute Gasteiger partial charge is 0.507 e. The van der Waals surface area contributed by atoms with Crippen LogP contribution in [0.1, 0.15) is 17.3 Å². The maximum absolute atomic E-state index is 13.4. The molecule has 0 aromatic heterocycles. The van der Waals surface area contributed by atoms with Crippen LogP contribution in [-0.4, -0.2) is 30.8 Å². The highest BCUT2D eigenvalue weighted by Crippen LogP contribution is 2.26. The van der Waals surface area contributed by atoms with E-state index in [2.05, 4.69) is 5.32 Å². The van der Waals surface area contributed by atoms with E-state index < -0.39 is 11.7 Å². The molecule has 0 radical (unpaired) electrons. The fourth-order valence-corrected chi connectivity index (χ4v) is 1.67. The van der Waals surface area contributed by atoms with E-state index in [4.69, 9.17) is 4.74 Å². The van der Waals surface area contributed by atoms with Gasteiger partial charge in [0.15, 0.2) is 0 Å². The van der Waals surface area contributed by atoms with E-state index in [1.807, 2.05) is 6.92 Å². The molecule has 2 N–H and O–H groups in total. The first-order valence-corrected chi connectivity index (χ1v) is 5.35. The van der Waals surface area contributed by atoms with Gasteiger partial charge in [-0.1, -0.05) is 13.0 Å². The van der Waals surface area contributed by atoms with Crippen molar-refractivity contribution in [2.45, 2.75) is 6.92 Å². The molecular formula is C12H14FNO3. The number of amides is 1. The number of ether oxygens (including phenoxy) is 1. The monoisotopic (exact) mass is 239 g/mol. The minimum atomic E-state index is -0.725. The van der Waals surface area contributed by atoms with E-state index in [1.54, 1.807) is 0 Å². The van der Waals surface area contributed by atoms with Crippen molar-refractivity contribution < 1.29 is 19.0 Å². The second-order valence-corrected chi connectivity index (χ2v) is 4.62. The van der Waals surface area contributed by atoms with Crippen molar-refractivity contribution in [3.63, 3.8) is 0 Å². The summed E-state index contributed by atoms with van der Waals surface area (Å²) in [5, 5.41) is 12.0. The number of rotatable bonds is 3. The molecule has 1 fully saturated rings. The number of carbonyl (C=O) groups is 1. The topological polar surface area (TPSA) is 58.6 Å². The first kappa shape index (κ1) is 11.9. The van der Waals surface area contributed by atoms with E-state index in [0.29, 0.717) is 19.8 Å². The number of hydrogen-bond donors (Lipinski definition) is 2. The number of halogens is 1. The summed E-state index contributed by atoms with van der Waals surface area (Å²) in [6.45, 7) is 3.53. The van der Waals surface area contributed by atoms with Gasteiger partial charge < -0.3 is 15.2 Å². The molecule has 1 heterocycles. The lowest BCUT2D eigenvalue weighted by Gasteiger charge is -2.38. The molecule has 1 aromatic rings. The number of nitrogens with one attached hydrogen (secondary N) is 1. The Kier molecular flexibility index (Phi) is 3.02. The number of phenols is 1. The minimum Gasteiger partial charge on any atom is -0.507 e. The first-order valence-electron chi connectivity index (χ1n) is 5.35. The third-order valence-corrected chi connectivity index (χ3v) is 2.80. The second kappa shape index (κ2) is 4.33. The van der Waals surface area contributed by atoms with Crippen LogP contribution in [0.3, 0.4) is 0 Å². The molecule has 0 unspecified atom stereocenters. The Morgan fingerprint density at radius 2 is 2.29 bits per heavy atom. The Labute approximate surface area is 98.4 Å². The van der Waals surface area contributed by atoms with Gasteiger partial charge in [0.1, 0.15) is 17.1 Å². The van der Waals surface area contributed by atoms with Crippen LogP contribution in [-0.2, 0) is 4.74 Å². The van der Waals surface area contributed by atoms with Crippen LogP contribution in [0.4, 0.5) is 4.39 Å². The highest BCUT2D eigenvalue weighted by Gasteiger charge is 2.34. The van der Waals surface area contributed by atoms with E-state index in [9.17, 15) is 14.3 Å². The molecular weight excluding hydrogens is 225 g/mol. The predicted molar refractivity (Wildman–Crippen MR) is 59.3 cm³/mol. The standard InChI is InChI=1S/C12H14FNO3/c1-12(6-17-7-12)5-14-11(16)10-8(13)3-2-4-9(10)15/h2-4,15H,5-7H2,1H3,(H,14,16). The van der Waals surface area contributed by atoms with Crippen molar-refractivity contribution in [3.05, 3.63) is 29.6 Å². The zero-order valence-electron chi connectivity index (χ0n) is 9.50. The lowest BCUT2D eigenvalue weighted by Crippen LogP contribution is -2.48. The molecule has 92 valence electrons. The Hall–Kier alpha value is -1.62. The fourth-order valence-electron chi connectivity index (χ4n) is 1.67. The number of aromatic hydroxyl groups is 1. The summed E-state index contributed by atoms with van der Waals surface area (Å²) >= 11 is 0. The molecule has 1 saturated heterocycles. The van der Waals surface area contributed by atoms with Gasteiger partial charge in [-0.2, -0.15) is 0 Å². The van der Waals surface area contributed by atoms with Crippen molar-refractivity contribution in [2.75, 3.05) is 19.8 Å². The number of benzene rings is 1. The first-order chi connectivity index (χ1) is 8.02. The van der Waals surface area contributed by atoms with E-state index in [-0.39, 0.29) is 16.7 Å². The maximum Gasteiger partial charge on any atom is 0.258 e. The van der Waals surface area contributed by atoms with Crippen LogP contribution in [0.25, 0.3) is 0 Å². The maximum atomic E-state index is 13.4. The Balaban J connectivity index is 2.04. The number of carbonyl (C=O) groups excluding carboxylic acids is 1. The number of phenolic OH excluding ortho intramolecular Hbond substituents is 1. The van der Waals surface area contributed by atoms with E-state index >= 15 is 0 Å². The van der Waals surface area contributed by atoms with Gasteiger partial charge in [0, 0.05) is 12.0 Å². The van der Waals surface area contributed by atoms with Gasteiger partial charge in [-0.15, -0.1) is 0 Å². The molecule has 1 amide bonds. The second-order valence-electron chi connectivity index (χ2n) is 4.62. The van der Waals surface area contributed by atoms with Gasteiger partial charge in [-0.05, 0) is 12.1 Å². The van der Waals surface area contributed by atoms with Crippen LogP contribution in [0, 0.1) is 11.2 Å². The Morgan fingerprint density at radius 1 is 1.59 bits per heavy atom. The fraction of sp³-hybridized carbons (Fsp3) is 0.417. The summed E-state index contributed by atoms with van der Waals surface area (Å²) in [5.74, 6) is -1.68. The highest BCUT2D eigenvalue weighted by molar-refractivity contribution is 5.97. The van der Waals surface area contributed by atoms with Gasteiger partial charge in [0.25, 0.3) is 5.91 Å². The number of hydrogen-bond acceptors (Lipinski definition) is 3. The van der Waals surface area contributed by atoms with Crippen molar-refractivity contribution in [1.29, 1.82) is 0 Å². The molecule has 17 heavy (non-hydrogen) atoms. The van der Waals surface area contributed by atoms with Gasteiger partial charge in [-0.3, -0.25) is 4.79 Å². The Morgan fingerprint density at radius 3 is 2.82 bits per heavy atom. The molecule has 0 saturated carbocycles. The van der Waals surface area contributed by atoms with Crippen LogP contribution in [0.2, 0.25) is 0 Å². The summed E-state index contributed by atoms with van der Waals surface area (Å²) in [6, 6.07) is 3.78. The Bertz CT molecular complexity index is 423. The van der Waals surface area contributed by atoms with Gasteiger partial charge in [-0.25, -0.2) is 4.39 Å². The highest BCUT2D eigenvalue weighted by atomic mass is 19.1. The third kappa shape index (κ3) is 2.39. The summed E-state index contributed by atoms with van der Waals surface area (Å²) in [7, 11) is 0. The molecule has 1 aliphatic rings. The predicted octanol–water partition coefficient (Wildman–Crippen LogP) is 1.30. The molecule has 4 nitrogen and oxygen atoms in total. The summed E-state index contributed by atoms with van der Waals surface area (Å²) in [4.78, 5) is 11.7. The van der Waals surface area contributed by atoms with Crippen molar-refractivity contribution in [3.8, 4) is 5.75 Å². The van der Waals surface area contributed by atoms with E-state index in [1.165, 1.54) is 12.1 Å². The zero-order valence-corrected chi connectivity index (χ0v) is 9.50. The minimum absolute atomic E-state index is 0.0868. The average Bonchev–Trinajstić information content (AvgIpc) is 2.23. The molecule has 5 heteroatoms. The third-order valence-electron chi connectivity index (χ3n) is 2.80. The summed E-state index contributed by atoms with van der Waals surface area (Å²) in [5.41, 5.74) is -0.396. The molecule has 0 bridgehead atoms. The lowest BCUT2D eigenvalue weighted by molar-refractivity contribution is -0.0978. The summed E-state index contributed by atoms with van der Waals surface area (Å²) in [6.07, 6.45) is 0. The molecule has 2 rings (SSSR count). The van der Waals surface area contributed by atoms with Crippen LogP contribution in [0.5, 0.6) is 5.75 Å². The quantitative estimate of drug-likeness (QED) is 0.835. The van der Waals surface area contributed by atoms with Crippen LogP contribution in [0.15, 0.2) is 18.2 Å². The van der Waals surface area contributed by atoms with Crippen LogP contribution >= 0.6 is 0 Å². The SMILES string of the molecule is CC1(CNC(=O)c2c(O)cccc2F)COC1. The van der Waals surface area contributed by atoms with Crippen LogP contribution < -0.4 is 5.32 Å².